The van der Waals surface area contributed by atoms with E-state index in [9.17, 15) is 4.79 Å². The Labute approximate surface area is 167 Å². The van der Waals surface area contributed by atoms with Crippen LogP contribution in [0.3, 0.4) is 0 Å². The van der Waals surface area contributed by atoms with Crippen molar-refractivity contribution in [3.05, 3.63) is 83.1 Å². The first-order valence-corrected chi connectivity index (χ1v) is 9.59. The number of halogens is 1. The van der Waals surface area contributed by atoms with E-state index < -0.39 is 6.09 Å². The van der Waals surface area contributed by atoms with Crippen LogP contribution in [0, 0.1) is 0 Å². The van der Waals surface area contributed by atoms with Gasteiger partial charge in [-0.3, -0.25) is 0 Å². The lowest BCUT2D eigenvalue weighted by Gasteiger charge is -2.16. The molecule has 4 rings (SSSR count). The third-order valence-corrected chi connectivity index (χ3v) is 5.66. The summed E-state index contributed by atoms with van der Waals surface area (Å²) in [5.41, 5.74) is 2.64. The maximum atomic E-state index is 12.4. The molecule has 2 heterocycles. The second-order valence-electron chi connectivity index (χ2n) is 6.24. The predicted molar refractivity (Wildman–Crippen MR) is 110 cm³/mol. The number of carbonyl (C=O) groups is 1. The normalized spacial score (nSPS) is 12.9. The summed E-state index contributed by atoms with van der Waals surface area (Å²) >= 11 is 8.08. The number of rotatable bonds is 2. The fourth-order valence-corrected chi connectivity index (χ4v) is 4.39. The van der Waals surface area contributed by atoms with E-state index in [1.807, 2.05) is 71.4 Å². The van der Waals surface area contributed by atoms with Crippen LogP contribution in [0.5, 0.6) is 0 Å². The second kappa shape index (κ2) is 7.18. The van der Waals surface area contributed by atoms with Crippen LogP contribution in [0.15, 0.2) is 71.8 Å². The molecule has 6 heteroatoms. The Balaban J connectivity index is 1.99. The summed E-state index contributed by atoms with van der Waals surface area (Å²) in [6.07, 6.45) is 1.50. The molecule has 0 saturated heterocycles. The summed E-state index contributed by atoms with van der Waals surface area (Å²) in [4.78, 5) is 15.7. The first-order chi connectivity index (χ1) is 13.1. The molecular formula is C21H17ClN2O2S. The van der Waals surface area contributed by atoms with Crippen molar-refractivity contribution in [3.8, 4) is 5.69 Å². The van der Waals surface area contributed by atoms with Gasteiger partial charge in [-0.15, -0.1) is 0 Å². The van der Waals surface area contributed by atoms with E-state index in [-0.39, 0.29) is 0 Å². The number of fused-ring (bicyclic) bond motifs is 3. The summed E-state index contributed by atoms with van der Waals surface area (Å²) < 4.78 is 7.81. The number of thioether (sulfide) groups is 1. The number of benzene rings is 2. The molecule has 0 bridgehead atoms. The summed E-state index contributed by atoms with van der Waals surface area (Å²) in [5, 5.41) is 0.644. The lowest BCUT2D eigenvalue weighted by atomic mass is 10.1. The van der Waals surface area contributed by atoms with Gasteiger partial charge in [0.05, 0.1) is 21.3 Å². The standard InChI is InChI=1S/C21H17ClN2O2S/c1-23(2)21(25)26-19-16-11-7-13-24(16)18-15(22)10-6-12-17(18)27-20(19)14-8-4-3-5-9-14/h3-13H,1-2H3. The molecule has 1 aromatic heterocycles. The Bertz CT molecular complexity index is 1040. The predicted octanol–water partition coefficient (Wildman–Crippen LogP) is 5.76. The van der Waals surface area contributed by atoms with Crippen molar-refractivity contribution >= 4 is 40.1 Å². The fourth-order valence-electron chi connectivity index (χ4n) is 2.90. The lowest BCUT2D eigenvalue weighted by Crippen LogP contribution is -2.22. The average molecular weight is 397 g/mol. The van der Waals surface area contributed by atoms with Crippen LogP contribution in [-0.2, 0) is 4.74 Å². The molecule has 1 aliphatic heterocycles. The maximum Gasteiger partial charge on any atom is 0.414 e. The Morgan fingerprint density at radius 3 is 2.56 bits per heavy atom. The van der Waals surface area contributed by atoms with Crippen LogP contribution >= 0.6 is 23.4 Å². The first kappa shape index (κ1) is 17.8. The quantitative estimate of drug-likeness (QED) is 0.552. The van der Waals surface area contributed by atoms with Crippen LogP contribution in [-0.4, -0.2) is 29.7 Å². The van der Waals surface area contributed by atoms with E-state index in [1.54, 1.807) is 25.9 Å². The van der Waals surface area contributed by atoms with Gasteiger partial charge in [-0.25, -0.2) is 4.79 Å². The van der Waals surface area contributed by atoms with Gasteiger partial charge >= 0.3 is 6.09 Å². The molecular weight excluding hydrogens is 380 g/mol. The minimum atomic E-state index is -0.427. The number of amides is 1. The van der Waals surface area contributed by atoms with Gasteiger partial charge in [0.15, 0.2) is 5.76 Å². The van der Waals surface area contributed by atoms with Crippen LogP contribution < -0.4 is 0 Å². The van der Waals surface area contributed by atoms with Crippen molar-refractivity contribution in [2.24, 2.45) is 0 Å². The van der Waals surface area contributed by atoms with Crippen LogP contribution in [0.4, 0.5) is 4.79 Å². The molecule has 4 nitrogen and oxygen atoms in total. The SMILES string of the molecule is CN(C)C(=O)OC1=C(c2ccccc2)Sc2cccc(Cl)c2-n2cccc21. The molecule has 0 atom stereocenters. The highest BCUT2D eigenvalue weighted by Gasteiger charge is 2.27. The highest BCUT2D eigenvalue weighted by molar-refractivity contribution is 8.08. The second-order valence-corrected chi connectivity index (χ2v) is 7.70. The topological polar surface area (TPSA) is 34.5 Å². The molecule has 0 fully saturated rings. The first-order valence-electron chi connectivity index (χ1n) is 8.39. The molecule has 0 unspecified atom stereocenters. The summed E-state index contributed by atoms with van der Waals surface area (Å²) in [5.74, 6) is 0.516. The number of nitrogens with zero attached hydrogens (tertiary/aromatic N) is 2. The Kier molecular flexibility index (Phi) is 4.72. The molecule has 0 N–H and O–H groups in total. The monoisotopic (exact) mass is 396 g/mol. The minimum Gasteiger partial charge on any atom is -0.407 e. The number of carbonyl (C=O) groups excluding carboxylic acids is 1. The van der Waals surface area contributed by atoms with E-state index >= 15 is 0 Å². The molecule has 3 aromatic rings. The Hall–Kier alpha value is -2.63. The molecule has 2 aromatic carbocycles. The van der Waals surface area contributed by atoms with Crippen LogP contribution in [0.2, 0.25) is 5.02 Å². The van der Waals surface area contributed by atoms with Crippen molar-refractivity contribution < 1.29 is 9.53 Å². The van der Waals surface area contributed by atoms with Gasteiger partial charge < -0.3 is 14.2 Å². The summed E-state index contributed by atoms with van der Waals surface area (Å²) in [6.45, 7) is 0. The zero-order chi connectivity index (χ0) is 19.0. The number of aromatic nitrogens is 1. The van der Waals surface area contributed by atoms with Gasteiger partial charge in [0, 0.05) is 25.2 Å². The van der Waals surface area contributed by atoms with E-state index in [2.05, 4.69) is 0 Å². The number of ether oxygens (including phenoxy) is 1. The average Bonchev–Trinajstić information content (AvgIpc) is 3.09. The van der Waals surface area contributed by atoms with Crippen molar-refractivity contribution in [1.29, 1.82) is 0 Å². The lowest BCUT2D eigenvalue weighted by molar-refractivity contribution is 0.162. The highest BCUT2D eigenvalue weighted by Crippen LogP contribution is 2.47. The minimum absolute atomic E-state index is 0.427. The molecule has 27 heavy (non-hydrogen) atoms. The number of para-hydroxylation sites is 1. The summed E-state index contributed by atoms with van der Waals surface area (Å²) in [7, 11) is 3.33. The highest BCUT2D eigenvalue weighted by atomic mass is 35.5. The van der Waals surface area contributed by atoms with Gasteiger partial charge in [-0.2, -0.15) is 0 Å². The molecule has 0 radical (unpaired) electrons. The van der Waals surface area contributed by atoms with E-state index in [4.69, 9.17) is 16.3 Å². The van der Waals surface area contributed by atoms with E-state index in [0.717, 1.165) is 26.7 Å². The molecule has 0 aliphatic carbocycles. The summed E-state index contributed by atoms with van der Waals surface area (Å²) in [6, 6.07) is 19.6. The Morgan fingerprint density at radius 2 is 1.81 bits per heavy atom. The molecule has 1 amide bonds. The zero-order valence-electron chi connectivity index (χ0n) is 14.8. The van der Waals surface area contributed by atoms with Crippen molar-refractivity contribution in [2.75, 3.05) is 14.1 Å². The molecule has 0 spiro atoms. The molecule has 136 valence electrons. The molecule has 1 aliphatic rings. The van der Waals surface area contributed by atoms with Crippen LogP contribution in [0.1, 0.15) is 11.3 Å². The van der Waals surface area contributed by atoms with Gasteiger partial charge in [0.2, 0.25) is 0 Å². The third-order valence-electron chi connectivity index (χ3n) is 4.18. The van der Waals surface area contributed by atoms with Gasteiger partial charge in [-0.1, -0.05) is 59.8 Å². The van der Waals surface area contributed by atoms with Crippen LogP contribution in [0.25, 0.3) is 16.4 Å². The zero-order valence-corrected chi connectivity index (χ0v) is 16.4. The van der Waals surface area contributed by atoms with Gasteiger partial charge in [0.25, 0.3) is 0 Å². The fraction of sp³-hybridized carbons (Fsp3) is 0.0952. The smallest absolute Gasteiger partial charge is 0.407 e. The van der Waals surface area contributed by atoms with Gasteiger partial charge in [-0.05, 0) is 29.8 Å². The molecule has 0 saturated carbocycles. The van der Waals surface area contributed by atoms with Crippen molar-refractivity contribution in [2.45, 2.75) is 4.90 Å². The third kappa shape index (κ3) is 3.24. The van der Waals surface area contributed by atoms with E-state index in [0.29, 0.717) is 10.8 Å². The number of hydrogen-bond acceptors (Lipinski definition) is 3. The Morgan fingerprint density at radius 1 is 1.04 bits per heavy atom. The van der Waals surface area contributed by atoms with Crippen molar-refractivity contribution in [1.82, 2.24) is 9.47 Å². The largest absolute Gasteiger partial charge is 0.414 e. The number of hydrogen-bond donors (Lipinski definition) is 0. The van der Waals surface area contributed by atoms with E-state index in [1.165, 1.54) is 4.90 Å². The van der Waals surface area contributed by atoms with Gasteiger partial charge in [0.1, 0.15) is 0 Å². The maximum absolute atomic E-state index is 12.4. The van der Waals surface area contributed by atoms with Crippen molar-refractivity contribution in [3.63, 3.8) is 0 Å².